The summed E-state index contributed by atoms with van der Waals surface area (Å²) >= 11 is 0. The van der Waals surface area contributed by atoms with Gasteiger partial charge in [0, 0.05) is 32.2 Å². The molecule has 22 heavy (non-hydrogen) atoms. The number of rotatable bonds is 3. The summed E-state index contributed by atoms with van der Waals surface area (Å²) in [5.74, 6) is -0.565. The van der Waals surface area contributed by atoms with E-state index in [1.54, 1.807) is 6.20 Å². The van der Waals surface area contributed by atoms with Crippen LogP contribution >= 0.6 is 0 Å². The van der Waals surface area contributed by atoms with Crippen molar-refractivity contribution in [3.63, 3.8) is 0 Å². The molecule has 2 fully saturated rings. The largest absolute Gasteiger partial charge is 0.476 e. The van der Waals surface area contributed by atoms with Gasteiger partial charge < -0.3 is 15.1 Å². The number of carboxylic acid groups (broad SMARTS) is 1. The Morgan fingerprint density at radius 2 is 1.95 bits per heavy atom. The lowest BCUT2D eigenvalue weighted by atomic mass is 10.2. The van der Waals surface area contributed by atoms with Crippen molar-refractivity contribution in [1.29, 1.82) is 0 Å². The molecule has 0 spiro atoms. The van der Waals surface area contributed by atoms with Crippen molar-refractivity contribution in [2.45, 2.75) is 37.8 Å². The average molecular weight is 306 g/mol. The molecule has 120 valence electrons. The van der Waals surface area contributed by atoms with Gasteiger partial charge in [-0.15, -0.1) is 0 Å². The molecule has 0 aromatic carbocycles. The molecule has 1 aromatic rings. The highest BCUT2D eigenvalue weighted by Gasteiger charge is 2.28. The Bertz CT molecular complexity index is 533. The zero-order valence-corrected chi connectivity index (χ0v) is 12.6. The molecule has 3 rings (SSSR count). The molecule has 7 heteroatoms. The van der Waals surface area contributed by atoms with Crippen molar-refractivity contribution in [3.8, 4) is 0 Å². The molecule has 2 heterocycles. The summed E-state index contributed by atoms with van der Waals surface area (Å²) in [6.45, 7) is 2.72. The van der Waals surface area contributed by atoms with Crippen LogP contribution in [0.25, 0.3) is 0 Å². The second-order valence-electron chi connectivity index (χ2n) is 6.10. The SMILES string of the molecule is O=C(O)c1cncc(N2CCN(C3CCCC3)CC(O)C2)n1. The van der Waals surface area contributed by atoms with Crippen LogP contribution in [0.2, 0.25) is 0 Å². The monoisotopic (exact) mass is 306 g/mol. The Kier molecular flexibility index (Phi) is 4.54. The van der Waals surface area contributed by atoms with Crippen LogP contribution in [0.4, 0.5) is 5.82 Å². The van der Waals surface area contributed by atoms with Gasteiger partial charge in [0.2, 0.25) is 0 Å². The third-order valence-corrected chi connectivity index (χ3v) is 4.54. The Balaban J connectivity index is 1.72. The van der Waals surface area contributed by atoms with Gasteiger partial charge in [0.25, 0.3) is 0 Å². The third-order valence-electron chi connectivity index (χ3n) is 4.54. The fourth-order valence-electron chi connectivity index (χ4n) is 3.43. The quantitative estimate of drug-likeness (QED) is 0.845. The van der Waals surface area contributed by atoms with E-state index >= 15 is 0 Å². The number of carbonyl (C=O) groups is 1. The first-order chi connectivity index (χ1) is 10.6. The van der Waals surface area contributed by atoms with Crippen molar-refractivity contribution < 1.29 is 15.0 Å². The molecule has 1 aliphatic carbocycles. The van der Waals surface area contributed by atoms with E-state index in [-0.39, 0.29) is 5.69 Å². The standard InChI is InChI=1S/C15H22N4O3/c20-12-9-18(11-3-1-2-4-11)5-6-19(10-12)14-8-16-7-13(17-14)15(21)22/h7-8,11-12,20H,1-6,9-10H2,(H,21,22). The summed E-state index contributed by atoms with van der Waals surface area (Å²) in [5.41, 5.74) is -0.0658. The van der Waals surface area contributed by atoms with Crippen molar-refractivity contribution in [1.82, 2.24) is 14.9 Å². The molecule has 1 aliphatic heterocycles. The van der Waals surface area contributed by atoms with Gasteiger partial charge in [-0.3, -0.25) is 9.88 Å². The van der Waals surface area contributed by atoms with Crippen LogP contribution in [-0.4, -0.2) is 69.4 Å². The third kappa shape index (κ3) is 3.36. The van der Waals surface area contributed by atoms with Crippen LogP contribution in [0.15, 0.2) is 12.4 Å². The summed E-state index contributed by atoms with van der Waals surface area (Å²) in [4.78, 5) is 23.4. The van der Waals surface area contributed by atoms with Gasteiger partial charge >= 0.3 is 5.97 Å². The van der Waals surface area contributed by atoms with Crippen LogP contribution < -0.4 is 4.90 Å². The Morgan fingerprint density at radius 1 is 1.18 bits per heavy atom. The maximum Gasteiger partial charge on any atom is 0.356 e. The minimum atomic E-state index is -1.09. The topological polar surface area (TPSA) is 89.8 Å². The highest BCUT2D eigenvalue weighted by atomic mass is 16.4. The molecule has 0 radical (unpaired) electrons. The highest BCUT2D eigenvalue weighted by Crippen LogP contribution is 2.25. The Hall–Kier alpha value is -1.73. The fourth-order valence-corrected chi connectivity index (χ4v) is 3.43. The van der Waals surface area contributed by atoms with E-state index in [2.05, 4.69) is 14.9 Å². The molecular formula is C15H22N4O3. The van der Waals surface area contributed by atoms with Crippen LogP contribution in [-0.2, 0) is 0 Å². The van der Waals surface area contributed by atoms with Crippen molar-refractivity contribution in [2.24, 2.45) is 0 Å². The molecule has 2 N–H and O–H groups in total. The minimum Gasteiger partial charge on any atom is -0.476 e. The number of β-amino-alcohol motifs (C(OH)–C–C–N with tert-alkyl or cyclic N) is 1. The van der Waals surface area contributed by atoms with Crippen LogP contribution in [0, 0.1) is 0 Å². The number of carboxylic acids is 1. The summed E-state index contributed by atoms with van der Waals surface area (Å²) in [6, 6.07) is 0.575. The van der Waals surface area contributed by atoms with Gasteiger partial charge in [-0.05, 0) is 12.8 Å². The van der Waals surface area contributed by atoms with Gasteiger partial charge in [-0.1, -0.05) is 12.8 Å². The Morgan fingerprint density at radius 3 is 2.68 bits per heavy atom. The molecule has 1 atom stereocenters. The maximum absolute atomic E-state index is 11.0. The van der Waals surface area contributed by atoms with E-state index in [0.717, 1.165) is 13.1 Å². The summed E-state index contributed by atoms with van der Waals surface area (Å²) in [5, 5.41) is 19.3. The first-order valence-corrected chi connectivity index (χ1v) is 7.86. The summed E-state index contributed by atoms with van der Waals surface area (Å²) in [6.07, 6.45) is 7.30. The predicted molar refractivity (Wildman–Crippen MR) is 81.0 cm³/mol. The molecule has 2 aliphatic rings. The van der Waals surface area contributed by atoms with Crippen molar-refractivity contribution >= 4 is 11.8 Å². The second kappa shape index (κ2) is 6.58. The number of anilines is 1. The van der Waals surface area contributed by atoms with Crippen LogP contribution in [0.3, 0.4) is 0 Å². The van der Waals surface area contributed by atoms with Crippen LogP contribution in [0.1, 0.15) is 36.2 Å². The van der Waals surface area contributed by atoms with E-state index < -0.39 is 12.1 Å². The molecule has 1 saturated heterocycles. The first-order valence-electron chi connectivity index (χ1n) is 7.86. The zero-order chi connectivity index (χ0) is 15.5. The lowest BCUT2D eigenvalue weighted by Crippen LogP contribution is -2.39. The van der Waals surface area contributed by atoms with E-state index in [4.69, 9.17) is 5.11 Å². The smallest absolute Gasteiger partial charge is 0.356 e. The molecule has 0 bridgehead atoms. The van der Waals surface area contributed by atoms with Crippen LogP contribution in [0.5, 0.6) is 0 Å². The van der Waals surface area contributed by atoms with E-state index in [1.165, 1.54) is 31.9 Å². The molecule has 7 nitrogen and oxygen atoms in total. The number of aromatic carboxylic acids is 1. The number of aromatic nitrogens is 2. The highest BCUT2D eigenvalue weighted by molar-refractivity contribution is 5.85. The normalized spacial score (nSPS) is 24.4. The molecular weight excluding hydrogens is 284 g/mol. The lowest BCUT2D eigenvalue weighted by molar-refractivity contribution is 0.0690. The predicted octanol–water partition coefficient (Wildman–Crippen LogP) is 0.600. The second-order valence-corrected chi connectivity index (χ2v) is 6.10. The van der Waals surface area contributed by atoms with Crippen molar-refractivity contribution in [3.05, 3.63) is 18.1 Å². The van der Waals surface area contributed by atoms with E-state index in [0.29, 0.717) is 24.9 Å². The summed E-state index contributed by atoms with van der Waals surface area (Å²) < 4.78 is 0. The van der Waals surface area contributed by atoms with Gasteiger partial charge in [0.1, 0.15) is 5.82 Å². The molecule has 1 saturated carbocycles. The van der Waals surface area contributed by atoms with Gasteiger partial charge in [0.15, 0.2) is 5.69 Å². The van der Waals surface area contributed by atoms with Gasteiger partial charge in [-0.25, -0.2) is 9.78 Å². The van der Waals surface area contributed by atoms with Crippen molar-refractivity contribution in [2.75, 3.05) is 31.1 Å². The minimum absolute atomic E-state index is 0.0658. The average Bonchev–Trinajstić information content (AvgIpc) is 2.97. The Labute approximate surface area is 129 Å². The number of aliphatic hydroxyl groups is 1. The number of nitrogens with zero attached hydrogens (tertiary/aromatic N) is 4. The zero-order valence-electron chi connectivity index (χ0n) is 12.6. The molecule has 0 amide bonds. The number of hydrogen-bond donors (Lipinski definition) is 2. The molecule has 1 aromatic heterocycles. The maximum atomic E-state index is 11.0. The van der Waals surface area contributed by atoms with E-state index in [9.17, 15) is 9.90 Å². The molecule has 1 unspecified atom stereocenters. The lowest BCUT2D eigenvalue weighted by Gasteiger charge is -2.27. The number of hydrogen-bond acceptors (Lipinski definition) is 6. The van der Waals surface area contributed by atoms with Gasteiger partial charge in [-0.2, -0.15) is 0 Å². The number of aliphatic hydroxyl groups excluding tert-OH is 1. The van der Waals surface area contributed by atoms with Gasteiger partial charge in [0.05, 0.1) is 18.5 Å². The summed E-state index contributed by atoms with van der Waals surface area (Å²) in [7, 11) is 0. The first kappa shape index (κ1) is 15.2. The van der Waals surface area contributed by atoms with E-state index in [1.807, 2.05) is 4.90 Å². The fraction of sp³-hybridized carbons (Fsp3) is 0.667.